The van der Waals surface area contributed by atoms with Gasteiger partial charge in [-0.05, 0) is 49.4 Å². The van der Waals surface area contributed by atoms with Crippen LogP contribution in [0.3, 0.4) is 0 Å². The van der Waals surface area contributed by atoms with Gasteiger partial charge in [0.05, 0.1) is 7.11 Å². The van der Waals surface area contributed by atoms with Crippen molar-refractivity contribution in [3.8, 4) is 5.75 Å². The van der Waals surface area contributed by atoms with Gasteiger partial charge < -0.3 is 9.64 Å². The monoisotopic (exact) mass is 229 g/mol. The number of hydrogen-bond acceptors (Lipinski definition) is 2. The van der Waals surface area contributed by atoms with E-state index in [-0.39, 0.29) is 0 Å². The predicted octanol–water partition coefficient (Wildman–Crippen LogP) is 3.08. The molecule has 0 spiro atoms. The Labute approximate surface area is 103 Å². The summed E-state index contributed by atoms with van der Waals surface area (Å²) in [6, 6.07) is 6.49. The van der Waals surface area contributed by atoms with Crippen LogP contribution in [-0.2, 0) is 6.42 Å². The van der Waals surface area contributed by atoms with Crippen LogP contribution in [0.2, 0.25) is 0 Å². The maximum Gasteiger partial charge on any atom is 0.119 e. The van der Waals surface area contributed by atoms with Gasteiger partial charge >= 0.3 is 0 Å². The van der Waals surface area contributed by atoms with Crippen molar-refractivity contribution in [2.75, 3.05) is 20.2 Å². The maximum absolute atomic E-state index is 5.31. The zero-order valence-corrected chi connectivity index (χ0v) is 10.4. The van der Waals surface area contributed by atoms with E-state index >= 15 is 0 Å². The molecular weight excluding hydrogens is 210 g/mol. The van der Waals surface area contributed by atoms with Crippen molar-refractivity contribution in [3.05, 3.63) is 35.4 Å². The molecule has 0 bridgehead atoms. The van der Waals surface area contributed by atoms with Crippen LogP contribution in [0.1, 0.15) is 30.4 Å². The number of benzene rings is 1. The molecule has 2 heteroatoms. The molecule has 0 aromatic heterocycles. The summed E-state index contributed by atoms with van der Waals surface area (Å²) in [5.74, 6) is 0.978. The van der Waals surface area contributed by atoms with Crippen molar-refractivity contribution in [1.29, 1.82) is 0 Å². The fourth-order valence-electron chi connectivity index (χ4n) is 2.89. The topological polar surface area (TPSA) is 12.5 Å². The van der Waals surface area contributed by atoms with Crippen LogP contribution in [-0.4, -0.2) is 25.1 Å². The third-order valence-electron chi connectivity index (χ3n) is 3.79. The first kappa shape index (κ1) is 10.7. The summed E-state index contributed by atoms with van der Waals surface area (Å²) in [4.78, 5) is 2.53. The number of likely N-dealkylation sites (tertiary alicyclic amines) is 1. The summed E-state index contributed by atoms with van der Waals surface area (Å²) in [5, 5.41) is 0. The predicted molar refractivity (Wildman–Crippen MR) is 70.1 cm³/mol. The van der Waals surface area contributed by atoms with E-state index in [1.165, 1.54) is 42.8 Å². The second-order valence-corrected chi connectivity index (χ2v) is 4.85. The lowest BCUT2D eigenvalue weighted by molar-refractivity contribution is 0.414. The van der Waals surface area contributed by atoms with Crippen molar-refractivity contribution in [2.24, 2.45) is 0 Å². The number of hydrogen-bond donors (Lipinski definition) is 0. The fraction of sp³-hybridized carbons (Fsp3) is 0.467. The summed E-state index contributed by atoms with van der Waals surface area (Å²) in [5.41, 5.74) is 4.30. The Balaban J connectivity index is 1.96. The van der Waals surface area contributed by atoms with E-state index in [1.807, 2.05) is 0 Å². The van der Waals surface area contributed by atoms with Crippen molar-refractivity contribution in [3.63, 3.8) is 0 Å². The molecule has 1 aromatic rings. The number of ether oxygens (including phenoxy) is 1. The first-order valence-corrected chi connectivity index (χ1v) is 6.51. The smallest absolute Gasteiger partial charge is 0.119 e. The molecule has 1 saturated heterocycles. The van der Waals surface area contributed by atoms with Gasteiger partial charge in [0, 0.05) is 24.4 Å². The molecule has 0 N–H and O–H groups in total. The van der Waals surface area contributed by atoms with Crippen molar-refractivity contribution < 1.29 is 4.74 Å². The highest BCUT2D eigenvalue weighted by Gasteiger charge is 2.20. The van der Waals surface area contributed by atoms with Crippen molar-refractivity contribution >= 4 is 5.70 Å². The highest BCUT2D eigenvalue weighted by Crippen LogP contribution is 2.33. The molecule has 0 amide bonds. The Kier molecular flexibility index (Phi) is 2.79. The van der Waals surface area contributed by atoms with E-state index in [0.29, 0.717) is 0 Å². The molecular formula is C15H19NO. The summed E-state index contributed by atoms with van der Waals surface area (Å²) in [6.45, 7) is 2.44. The van der Waals surface area contributed by atoms with Gasteiger partial charge in [0.25, 0.3) is 0 Å². The van der Waals surface area contributed by atoms with Gasteiger partial charge in [-0.1, -0.05) is 6.08 Å². The Morgan fingerprint density at radius 1 is 1.18 bits per heavy atom. The second-order valence-electron chi connectivity index (χ2n) is 4.85. The van der Waals surface area contributed by atoms with Crippen molar-refractivity contribution in [2.45, 2.75) is 25.7 Å². The Morgan fingerprint density at radius 3 is 2.76 bits per heavy atom. The van der Waals surface area contributed by atoms with Gasteiger partial charge in [0.2, 0.25) is 0 Å². The lowest BCUT2D eigenvalue weighted by atomic mass is 9.94. The molecule has 90 valence electrons. The van der Waals surface area contributed by atoms with Crippen LogP contribution in [0.5, 0.6) is 5.75 Å². The van der Waals surface area contributed by atoms with Gasteiger partial charge in [-0.2, -0.15) is 0 Å². The lowest BCUT2D eigenvalue weighted by Crippen LogP contribution is -2.20. The minimum absolute atomic E-state index is 0.978. The molecule has 0 atom stereocenters. The largest absolute Gasteiger partial charge is 0.497 e. The minimum atomic E-state index is 0.978. The third kappa shape index (κ3) is 1.92. The first-order chi connectivity index (χ1) is 8.38. The van der Waals surface area contributed by atoms with E-state index in [9.17, 15) is 0 Å². The molecule has 0 unspecified atom stereocenters. The quantitative estimate of drug-likeness (QED) is 0.772. The number of methoxy groups -OCH3 is 1. The van der Waals surface area contributed by atoms with E-state index in [0.717, 1.165) is 18.6 Å². The van der Waals surface area contributed by atoms with Crippen LogP contribution in [0.4, 0.5) is 0 Å². The molecule has 1 fully saturated rings. The number of allylic oxidation sites excluding steroid dienone is 1. The highest BCUT2D eigenvalue weighted by atomic mass is 16.5. The van der Waals surface area contributed by atoms with Crippen LogP contribution in [0.15, 0.2) is 24.3 Å². The normalized spacial score (nSPS) is 18.9. The van der Waals surface area contributed by atoms with E-state index < -0.39 is 0 Å². The molecule has 0 saturated carbocycles. The molecule has 17 heavy (non-hydrogen) atoms. The summed E-state index contributed by atoms with van der Waals surface area (Å²) in [6.07, 6.45) is 7.38. The molecule has 1 aliphatic carbocycles. The fourth-order valence-corrected chi connectivity index (χ4v) is 2.89. The maximum atomic E-state index is 5.31. The molecule has 1 heterocycles. The van der Waals surface area contributed by atoms with Gasteiger partial charge in [0.15, 0.2) is 0 Å². The number of rotatable bonds is 2. The number of fused-ring (bicyclic) bond motifs is 1. The van der Waals surface area contributed by atoms with E-state index in [4.69, 9.17) is 4.74 Å². The van der Waals surface area contributed by atoms with Gasteiger partial charge in [-0.3, -0.25) is 0 Å². The summed E-state index contributed by atoms with van der Waals surface area (Å²) >= 11 is 0. The standard InChI is InChI=1S/C15H19NO/c1-17-13-7-8-14-12(11-13)5-4-6-15(14)16-9-2-3-10-16/h6-8,11H,2-5,9-10H2,1H3. The Bertz CT molecular complexity index is 444. The summed E-state index contributed by atoms with van der Waals surface area (Å²) in [7, 11) is 1.74. The number of aryl methyl sites for hydroxylation is 1. The van der Waals surface area contributed by atoms with Crippen LogP contribution in [0.25, 0.3) is 5.70 Å². The third-order valence-corrected chi connectivity index (χ3v) is 3.79. The van der Waals surface area contributed by atoms with Crippen LogP contribution < -0.4 is 4.74 Å². The molecule has 2 aliphatic rings. The molecule has 1 aliphatic heterocycles. The summed E-state index contributed by atoms with van der Waals surface area (Å²) < 4.78 is 5.31. The average Bonchev–Trinajstić information content (AvgIpc) is 2.91. The Morgan fingerprint density at radius 2 is 2.00 bits per heavy atom. The van der Waals surface area contributed by atoms with Crippen LogP contribution in [0, 0.1) is 0 Å². The first-order valence-electron chi connectivity index (χ1n) is 6.51. The lowest BCUT2D eigenvalue weighted by Gasteiger charge is -2.27. The molecule has 3 rings (SSSR count). The average molecular weight is 229 g/mol. The van der Waals surface area contributed by atoms with E-state index in [1.54, 1.807) is 7.11 Å². The Hall–Kier alpha value is -1.44. The molecule has 1 aromatic carbocycles. The molecule has 2 nitrogen and oxygen atoms in total. The van der Waals surface area contributed by atoms with Gasteiger partial charge in [-0.25, -0.2) is 0 Å². The SMILES string of the molecule is COc1ccc2c(c1)CCC=C2N1CCCC1. The van der Waals surface area contributed by atoms with E-state index in [2.05, 4.69) is 29.2 Å². The minimum Gasteiger partial charge on any atom is -0.497 e. The van der Waals surface area contributed by atoms with Crippen molar-refractivity contribution in [1.82, 2.24) is 4.90 Å². The molecule has 0 radical (unpaired) electrons. The zero-order chi connectivity index (χ0) is 11.7. The highest BCUT2D eigenvalue weighted by molar-refractivity contribution is 5.69. The zero-order valence-electron chi connectivity index (χ0n) is 10.4. The van der Waals surface area contributed by atoms with Gasteiger partial charge in [0.1, 0.15) is 5.75 Å². The number of nitrogens with zero attached hydrogens (tertiary/aromatic N) is 1. The van der Waals surface area contributed by atoms with Gasteiger partial charge in [-0.15, -0.1) is 0 Å². The second kappa shape index (κ2) is 4.44. The van der Waals surface area contributed by atoms with Crippen LogP contribution >= 0.6 is 0 Å².